The molecule has 13 heavy (non-hydrogen) atoms. The van der Waals surface area contributed by atoms with Crippen molar-refractivity contribution in [1.29, 1.82) is 0 Å². The van der Waals surface area contributed by atoms with Gasteiger partial charge in [-0.05, 0) is 34.5 Å². The molecule has 0 fully saturated rings. The molecule has 0 aromatic carbocycles. The van der Waals surface area contributed by atoms with Gasteiger partial charge in [0.05, 0.1) is 12.4 Å². The van der Waals surface area contributed by atoms with Crippen LogP contribution in [0.1, 0.15) is 5.56 Å². The van der Waals surface area contributed by atoms with Gasteiger partial charge in [0.15, 0.2) is 5.82 Å². The maximum Gasteiger partial charge on any atom is 0.177 e. The maximum atomic E-state index is 4.21. The van der Waals surface area contributed by atoms with E-state index in [1.807, 2.05) is 13.0 Å². The fourth-order valence-corrected chi connectivity index (χ4v) is 1.51. The largest absolute Gasteiger partial charge is 0.234 e. The lowest BCUT2D eigenvalue weighted by atomic mass is 10.3. The molecule has 0 atom stereocenters. The average molecular weight is 239 g/mol. The molecule has 2 heterocycles. The zero-order valence-electron chi connectivity index (χ0n) is 6.98. The van der Waals surface area contributed by atoms with Crippen molar-refractivity contribution < 1.29 is 0 Å². The Kier molecular flexibility index (Phi) is 2.10. The van der Waals surface area contributed by atoms with Crippen molar-refractivity contribution in [2.45, 2.75) is 6.92 Å². The van der Waals surface area contributed by atoms with Gasteiger partial charge in [-0.15, -0.1) is 4.80 Å². The summed E-state index contributed by atoms with van der Waals surface area (Å²) in [6.07, 6.45) is 4.98. The normalized spacial score (nSPS) is 10.3. The number of pyridine rings is 1. The summed E-state index contributed by atoms with van der Waals surface area (Å²) < 4.78 is 0.959. The third kappa shape index (κ3) is 1.60. The SMILES string of the molecule is Cc1cc(Br)cnc1-n1nccn1. The third-order valence-corrected chi connectivity index (χ3v) is 2.06. The Morgan fingerprint density at radius 3 is 2.62 bits per heavy atom. The zero-order chi connectivity index (χ0) is 9.26. The molecule has 0 saturated heterocycles. The van der Waals surface area contributed by atoms with Gasteiger partial charge in [0.2, 0.25) is 0 Å². The van der Waals surface area contributed by atoms with Crippen molar-refractivity contribution in [3.8, 4) is 5.82 Å². The molecule has 0 N–H and O–H groups in total. The van der Waals surface area contributed by atoms with Crippen LogP contribution in [0.5, 0.6) is 0 Å². The molecule has 2 rings (SSSR count). The monoisotopic (exact) mass is 238 g/mol. The van der Waals surface area contributed by atoms with E-state index in [0.717, 1.165) is 15.9 Å². The summed E-state index contributed by atoms with van der Waals surface area (Å²) in [7, 11) is 0. The van der Waals surface area contributed by atoms with Crippen LogP contribution in [-0.4, -0.2) is 20.0 Å². The first-order chi connectivity index (χ1) is 6.27. The van der Waals surface area contributed by atoms with Gasteiger partial charge in [0.25, 0.3) is 0 Å². The molecule has 0 radical (unpaired) electrons. The standard InChI is InChI=1S/C8H7BrN4/c1-6-4-7(9)5-10-8(6)13-11-2-3-12-13/h2-5H,1H3. The predicted octanol–water partition coefficient (Wildman–Crippen LogP) is 1.73. The van der Waals surface area contributed by atoms with Gasteiger partial charge in [-0.2, -0.15) is 10.2 Å². The Labute approximate surface area is 83.7 Å². The quantitative estimate of drug-likeness (QED) is 0.761. The fraction of sp³-hybridized carbons (Fsp3) is 0.125. The highest BCUT2D eigenvalue weighted by Crippen LogP contribution is 2.14. The molecule has 4 nitrogen and oxygen atoms in total. The molecule has 0 saturated carbocycles. The molecule has 0 unspecified atom stereocenters. The van der Waals surface area contributed by atoms with Crippen LogP contribution >= 0.6 is 15.9 Å². The summed E-state index contributed by atoms with van der Waals surface area (Å²) in [5.74, 6) is 0.758. The van der Waals surface area contributed by atoms with Crippen LogP contribution in [0.15, 0.2) is 29.1 Å². The van der Waals surface area contributed by atoms with Gasteiger partial charge in [0.1, 0.15) is 0 Å². The second-order valence-electron chi connectivity index (χ2n) is 2.61. The summed E-state index contributed by atoms with van der Waals surface area (Å²) in [5.41, 5.74) is 1.03. The van der Waals surface area contributed by atoms with E-state index in [-0.39, 0.29) is 0 Å². The smallest absolute Gasteiger partial charge is 0.177 e. The number of rotatable bonds is 1. The molecular weight excluding hydrogens is 232 g/mol. The van der Waals surface area contributed by atoms with E-state index in [1.54, 1.807) is 18.6 Å². The fourth-order valence-electron chi connectivity index (χ4n) is 1.07. The summed E-state index contributed by atoms with van der Waals surface area (Å²) in [4.78, 5) is 5.71. The van der Waals surface area contributed by atoms with Crippen molar-refractivity contribution >= 4 is 15.9 Å². The summed E-state index contributed by atoms with van der Waals surface area (Å²) >= 11 is 3.35. The molecule has 0 aliphatic heterocycles. The number of halogens is 1. The highest BCUT2D eigenvalue weighted by Gasteiger charge is 2.03. The van der Waals surface area contributed by atoms with E-state index in [0.29, 0.717) is 0 Å². The van der Waals surface area contributed by atoms with Crippen LogP contribution < -0.4 is 0 Å². The van der Waals surface area contributed by atoms with Gasteiger partial charge in [-0.25, -0.2) is 4.98 Å². The number of nitrogens with zero attached hydrogens (tertiary/aromatic N) is 4. The van der Waals surface area contributed by atoms with Crippen molar-refractivity contribution in [3.05, 3.63) is 34.7 Å². The highest BCUT2D eigenvalue weighted by atomic mass is 79.9. The molecular formula is C8H7BrN4. The molecule has 0 bridgehead atoms. The topological polar surface area (TPSA) is 43.6 Å². The summed E-state index contributed by atoms with van der Waals surface area (Å²) in [6, 6.07) is 1.98. The Hall–Kier alpha value is -1.23. The summed E-state index contributed by atoms with van der Waals surface area (Å²) in [5, 5.41) is 8.01. The first-order valence-corrected chi connectivity index (χ1v) is 4.55. The van der Waals surface area contributed by atoms with Crippen LogP contribution in [0, 0.1) is 6.92 Å². The van der Waals surface area contributed by atoms with Gasteiger partial charge in [-0.3, -0.25) is 0 Å². The van der Waals surface area contributed by atoms with Gasteiger partial charge >= 0.3 is 0 Å². The number of aromatic nitrogens is 4. The minimum Gasteiger partial charge on any atom is -0.234 e. The van der Waals surface area contributed by atoms with Crippen LogP contribution in [0.4, 0.5) is 0 Å². The number of hydrogen-bond donors (Lipinski definition) is 0. The Morgan fingerprint density at radius 1 is 1.31 bits per heavy atom. The Balaban J connectivity index is 2.53. The van der Waals surface area contributed by atoms with E-state index >= 15 is 0 Å². The lowest BCUT2D eigenvalue weighted by Crippen LogP contribution is -2.03. The van der Waals surface area contributed by atoms with Crippen LogP contribution in [0.2, 0.25) is 0 Å². The minimum atomic E-state index is 0.758. The van der Waals surface area contributed by atoms with Crippen molar-refractivity contribution in [2.75, 3.05) is 0 Å². The third-order valence-electron chi connectivity index (χ3n) is 1.63. The molecule has 0 amide bonds. The highest BCUT2D eigenvalue weighted by molar-refractivity contribution is 9.10. The molecule has 2 aromatic heterocycles. The molecule has 2 aromatic rings. The lowest BCUT2D eigenvalue weighted by molar-refractivity contribution is 0.723. The molecule has 66 valence electrons. The predicted molar refractivity (Wildman–Crippen MR) is 51.6 cm³/mol. The maximum absolute atomic E-state index is 4.21. The molecule has 5 heteroatoms. The summed E-state index contributed by atoms with van der Waals surface area (Å²) in [6.45, 7) is 1.97. The van der Waals surface area contributed by atoms with Crippen molar-refractivity contribution in [3.63, 3.8) is 0 Å². The second kappa shape index (κ2) is 3.26. The van der Waals surface area contributed by atoms with Crippen molar-refractivity contribution in [2.24, 2.45) is 0 Å². The molecule has 0 aliphatic carbocycles. The van der Waals surface area contributed by atoms with E-state index in [2.05, 4.69) is 31.1 Å². The minimum absolute atomic E-state index is 0.758. The first-order valence-electron chi connectivity index (χ1n) is 3.76. The number of aryl methyl sites for hydroxylation is 1. The number of hydrogen-bond acceptors (Lipinski definition) is 3. The van der Waals surface area contributed by atoms with Gasteiger partial charge in [0, 0.05) is 10.7 Å². The second-order valence-corrected chi connectivity index (χ2v) is 3.53. The van der Waals surface area contributed by atoms with Gasteiger partial charge < -0.3 is 0 Å². The van der Waals surface area contributed by atoms with Crippen LogP contribution in [0.3, 0.4) is 0 Å². The zero-order valence-corrected chi connectivity index (χ0v) is 8.56. The average Bonchev–Trinajstić information content (AvgIpc) is 2.56. The Morgan fingerprint density at radius 2 is 2.00 bits per heavy atom. The lowest BCUT2D eigenvalue weighted by Gasteiger charge is -2.02. The van der Waals surface area contributed by atoms with Crippen LogP contribution in [0.25, 0.3) is 5.82 Å². The van der Waals surface area contributed by atoms with Gasteiger partial charge in [-0.1, -0.05) is 0 Å². The van der Waals surface area contributed by atoms with E-state index in [9.17, 15) is 0 Å². The molecule has 0 aliphatic rings. The van der Waals surface area contributed by atoms with Crippen molar-refractivity contribution in [1.82, 2.24) is 20.0 Å². The Bertz CT molecular complexity index is 410. The van der Waals surface area contributed by atoms with E-state index < -0.39 is 0 Å². The van der Waals surface area contributed by atoms with E-state index in [4.69, 9.17) is 0 Å². The first kappa shape index (κ1) is 8.37. The molecule has 0 spiro atoms. The van der Waals surface area contributed by atoms with E-state index in [1.165, 1.54) is 4.80 Å². The van der Waals surface area contributed by atoms with Crippen LogP contribution in [-0.2, 0) is 0 Å².